The van der Waals surface area contributed by atoms with Crippen molar-refractivity contribution < 1.29 is 4.79 Å². The summed E-state index contributed by atoms with van der Waals surface area (Å²) in [5, 5.41) is 4.22. The molecule has 1 fully saturated rings. The summed E-state index contributed by atoms with van der Waals surface area (Å²) in [7, 11) is 0. The molecule has 98 valence electrons. The zero-order valence-corrected chi connectivity index (χ0v) is 13.2. The van der Waals surface area contributed by atoms with Crippen LogP contribution in [0.3, 0.4) is 0 Å². The minimum absolute atomic E-state index is 0.0378. The molecule has 0 heterocycles. The van der Waals surface area contributed by atoms with Gasteiger partial charge in [-0.25, -0.2) is 0 Å². The molecule has 1 N–H and O–H groups in total. The van der Waals surface area contributed by atoms with Crippen LogP contribution in [0.4, 0.5) is 0 Å². The van der Waals surface area contributed by atoms with Gasteiger partial charge in [-0.3, -0.25) is 4.79 Å². The molecule has 2 unspecified atom stereocenters. The summed E-state index contributed by atoms with van der Waals surface area (Å²) in [6.45, 7) is 0. The molecule has 1 amide bonds. The Hall–Kier alpha value is -0.190. The quantitative estimate of drug-likeness (QED) is 0.890. The maximum Gasteiger partial charge on any atom is 0.251 e. The van der Waals surface area contributed by atoms with E-state index < -0.39 is 0 Å². The third kappa shape index (κ3) is 3.43. The fourth-order valence-corrected chi connectivity index (χ4v) is 4.11. The van der Waals surface area contributed by atoms with Crippen molar-refractivity contribution in [2.24, 2.45) is 0 Å². The van der Waals surface area contributed by atoms with Crippen molar-refractivity contribution in [2.75, 3.05) is 6.26 Å². The first kappa shape index (κ1) is 14.2. The number of thioether (sulfide) groups is 1. The Morgan fingerprint density at radius 1 is 1.44 bits per heavy atom. The number of hydrogen-bond acceptors (Lipinski definition) is 2. The van der Waals surface area contributed by atoms with E-state index in [9.17, 15) is 4.79 Å². The van der Waals surface area contributed by atoms with E-state index in [0.29, 0.717) is 15.8 Å². The molecule has 2 rings (SSSR count). The number of carbonyl (C=O) groups is 1. The Morgan fingerprint density at radius 3 is 2.89 bits per heavy atom. The number of nitrogens with one attached hydrogen (secondary N) is 1. The fourth-order valence-electron chi connectivity index (χ4n) is 2.31. The van der Waals surface area contributed by atoms with Gasteiger partial charge in [0, 0.05) is 26.4 Å². The van der Waals surface area contributed by atoms with E-state index in [1.807, 2.05) is 11.8 Å². The van der Waals surface area contributed by atoms with Crippen molar-refractivity contribution in [3.8, 4) is 0 Å². The number of carbonyl (C=O) groups excluding carboxylic acids is 1. The van der Waals surface area contributed by atoms with E-state index in [1.54, 1.807) is 18.2 Å². The molecule has 5 heteroatoms. The molecular weight excluding hydrogens is 334 g/mol. The second-order valence-corrected chi connectivity index (χ2v) is 6.87. The lowest BCUT2D eigenvalue weighted by molar-refractivity contribution is 0.0938. The molecule has 0 aromatic heterocycles. The predicted molar refractivity (Wildman–Crippen MR) is 81.6 cm³/mol. The van der Waals surface area contributed by atoms with Crippen LogP contribution in [-0.2, 0) is 0 Å². The standard InChI is InChI=1S/C13H15BrClNOS/c1-18-12-4-2-3-11(12)16-13(17)8-5-9(14)7-10(15)6-8/h5-7,11-12H,2-4H2,1H3,(H,16,17). The molecule has 0 radical (unpaired) electrons. The second-order valence-electron chi connectivity index (χ2n) is 4.44. The zero-order valence-electron chi connectivity index (χ0n) is 10.1. The van der Waals surface area contributed by atoms with E-state index in [1.165, 1.54) is 12.8 Å². The Kier molecular flexibility index (Phi) is 4.98. The van der Waals surface area contributed by atoms with Crippen LogP contribution in [0.2, 0.25) is 5.02 Å². The average Bonchev–Trinajstić information content (AvgIpc) is 2.75. The van der Waals surface area contributed by atoms with Crippen molar-refractivity contribution in [3.63, 3.8) is 0 Å². The van der Waals surface area contributed by atoms with Gasteiger partial charge in [0.25, 0.3) is 5.91 Å². The first-order valence-electron chi connectivity index (χ1n) is 5.90. The van der Waals surface area contributed by atoms with E-state index in [4.69, 9.17) is 11.6 Å². The summed E-state index contributed by atoms with van der Waals surface area (Å²) in [6.07, 6.45) is 5.55. The summed E-state index contributed by atoms with van der Waals surface area (Å²) < 4.78 is 0.827. The Bertz CT molecular complexity index is 434. The number of halogens is 2. The Balaban J connectivity index is 2.07. The number of benzene rings is 1. The summed E-state index contributed by atoms with van der Waals surface area (Å²) in [4.78, 5) is 12.2. The summed E-state index contributed by atoms with van der Waals surface area (Å²) in [6, 6.07) is 5.55. The highest BCUT2D eigenvalue weighted by molar-refractivity contribution is 9.10. The average molecular weight is 349 g/mol. The van der Waals surface area contributed by atoms with Crippen LogP contribution in [-0.4, -0.2) is 23.5 Å². The van der Waals surface area contributed by atoms with E-state index >= 15 is 0 Å². The van der Waals surface area contributed by atoms with Gasteiger partial charge in [-0.2, -0.15) is 11.8 Å². The first-order chi connectivity index (χ1) is 8.60. The Morgan fingerprint density at radius 2 is 2.22 bits per heavy atom. The van der Waals surface area contributed by atoms with Crippen LogP contribution in [0.25, 0.3) is 0 Å². The van der Waals surface area contributed by atoms with Crippen LogP contribution in [0, 0.1) is 0 Å². The second kappa shape index (κ2) is 6.31. The van der Waals surface area contributed by atoms with Crippen LogP contribution in [0.1, 0.15) is 29.6 Å². The maximum absolute atomic E-state index is 12.2. The van der Waals surface area contributed by atoms with Crippen molar-refractivity contribution in [3.05, 3.63) is 33.3 Å². The molecule has 1 aliphatic rings. The first-order valence-corrected chi connectivity index (χ1v) is 8.36. The van der Waals surface area contributed by atoms with Gasteiger partial charge in [0.05, 0.1) is 0 Å². The highest BCUT2D eigenvalue weighted by Gasteiger charge is 2.28. The number of amides is 1. The third-order valence-electron chi connectivity index (χ3n) is 3.20. The minimum Gasteiger partial charge on any atom is -0.348 e. The summed E-state index contributed by atoms with van der Waals surface area (Å²) in [5.74, 6) is -0.0378. The molecule has 18 heavy (non-hydrogen) atoms. The van der Waals surface area contributed by atoms with E-state index in [0.717, 1.165) is 10.9 Å². The molecule has 1 aliphatic carbocycles. The van der Waals surface area contributed by atoms with Gasteiger partial charge in [-0.15, -0.1) is 0 Å². The zero-order chi connectivity index (χ0) is 13.1. The van der Waals surface area contributed by atoms with Crippen molar-refractivity contribution in [1.29, 1.82) is 0 Å². The van der Waals surface area contributed by atoms with Crippen LogP contribution >= 0.6 is 39.3 Å². The fraction of sp³-hybridized carbons (Fsp3) is 0.462. The van der Waals surface area contributed by atoms with Crippen molar-refractivity contribution in [1.82, 2.24) is 5.32 Å². The van der Waals surface area contributed by atoms with E-state index in [2.05, 4.69) is 27.5 Å². The smallest absolute Gasteiger partial charge is 0.251 e. The molecule has 0 bridgehead atoms. The van der Waals surface area contributed by atoms with Gasteiger partial charge in [0.2, 0.25) is 0 Å². The van der Waals surface area contributed by atoms with Crippen molar-refractivity contribution >= 4 is 45.2 Å². The van der Waals surface area contributed by atoms with Crippen LogP contribution in [0.5, 0.6) is 0 Å². The molecule has 1 aromatic rings. The molecule has 2 nitrogen and oxygen atoms in total. The molecule has 0 saturated heterocycles. The molecule has 0 spiro atoms. The van der Waals surface area contributed by atoms with Crippen LogP contribution < -0.4 is 5.32 Å². The summed E-state index contributed by atoms with van der Waals surface area (Å²) >= 11 is 11.1. The highest BCUT2D eigenvalue weighted by atomic mass is 79.9. The SMILES string of the molecule is CSC1CCCC1NC(=O)c1cc(Cl)cc(Br)c1. The molecular formula is C13H15BrClNOS. The predicted octanol–water partition coefficient (Wildman–Crippen LogP) is 4.12. The van der Waals surface area contributed by atoms with Gasteiger partial charge in [0.15, 0.2) is 0 Å². The van der Waals surface area contributed by atoms with Gasteiger partial charge < -0.3 is 5.32 Å². The lowest BCUT2D eigenvalue weighted by Crippen LogP contribution is -2.38. The number of rotatable bonds is 3. The third-order valence-corrected chi connectivity index (χ3v) is 5.04. The normalized spacial score (nSPS) is 23.1. The summed E-state index contributed by atoms with van der Waals surface area (Å²) in [5.41, 5.74) is 0.612. The van der Waals surface area contributed by atoms with Gasteiger partial charge in [-0.05, 0) is 37.3 Å². The van der Waals surface area contributed by atoms with Gasteiger partial charge in [0.1, 0.15) is 0 Å². The van der Waals surface area contributed by atoms with Gasteiger partial charge in [-0.1, -0.05) is 34.0 Å². The van der Waals surface area contributed by atoms with Crippen molar-refractivity contribution in [2.45, 2.75) is 30.6 Å². The van der Waals surface area contributed by atoms with Crippen LogP contribution in [0.15, 0.2) is 22.7 Å². The Labute approximate surface area is 125 Å². The number of hydrogen-bond donors (Lipinski definition) is 1. The monoisotopic (exact) mass is 347 g/mol. The molecule has 1 saturated carbocycles. The lowest BCUT2D eigenvalue weighted by atomic mass is 10.2. The topological polar surface area (TPSA) is 29.1 Å². The lowest BCUT2D eigenvalue weighted by Gasteiger charge is -2.19. The minimum atomic E-state index is -0.0378. The molecule has 0 aliphatic heterocycles. The molecule has 2 atom stereocenters. The largest absolute Gasteiger partial charge is 0.348 e. The van der Waals surface area contributed by atoms with E-state index in [-0.39, 0.29) is 11.9 Å². The highest BCUT2D eigenvalue weighted by Crippen LogP contribution is 2.29. The molecule has 1 aromatic carbocycles. The van der Waals surface area contributed by atoms with Gasteiger partial charge >= 0.3 is 0 Å². The maximum atomic E-state index is 12.2.